The summed E-state index contributed by atoms with van der Waals surface area (Å²) < 4.78 is 13.2. The lowest BCUT2D eigenvalue weighted by molar-refractivity contribution is -0.104. The number of carbonyl (C=O) groups excluding carboxylic acids is 1. The van der Waals surface area contributed by atoms with E-state index in [9.17, 15) is 9.18 Å². The molecule has 0 unspecified atom stereocenters. The molecule has 21 heavy (non-hydrogen) atoms. The Kier molecular flexibility index (Phi) is 8.05. The van der Waals surface area contributed by atoms with Gasteiger partial charge >= 0.3 is 0 Å². The van der Waals surface area contributed by atoms with Crippen LogP contribution in [0.3, 0.4) is 0 Å². The van der Waals surface area contributed by atoms with Crippen molar-refractivity contribution in [2.75, 3.05) is 6.54 Å². The van der Waals surface area contributed by atoms with Gasteiger partial charge in [0.2, 0.25) is 0 Å². The molecule has 0 saturated heterocycles. The summed E-state index contributed by atoms with van der Waals surface area (Å²) in [5, 5.41) is 3.13. The molecule has 0 fully saturated rings. The molecule has 5 heteroatoms. The van der Waals surface area contributed by atoms with Gasteiger partial charge in [0, 0.05) is 17.7 Å². The second-order valence-corrected chi connectivity index (χ2v) is 4.61. The largest absolute Gasteiger partial charge is 0.317 e. The molecule has 1 aliphatic carbocycles. The number of aliphatic imine (C=N–C) groups is 1. The molecule has 0 saturated carbocycles. The molecule has 112 valence electrons. The first-order valence-corrected chi connectivity index (χ1v) is 7.02. The molecule has 0 aliphatic heterocycles. The van der Waals surface area contributed by atoms with Gasteiger partial charge in [-0.25, -0.2) is 0 Å². The lowest BCUT2D eigenvalue weighted by Crippen LogP contribution is -2.19. The first kappa shape index (κ1) is 17.1. The molecule has 0 aromatic heterocycles. The molecule has 0 bridgehead atoms. The van der Waals surface area contributed by atoms with E-state index < -0.39 is 5.95 Å². The summed E-state index contributed by atoms with van der Waals surface area (Å²) >= 11 is 6.14. The molecule has 0 spiro atoms. The minimum atomic E-state index is -0.739. The van der Waals surface area contributed by atoms with Crippen LogP contribution >= 0.6 is 11.6 Å². The van der Waals surface area contributed by atoms with Crippen molar-refractivity contribution in [2.24, 2.45) is 4.99 Å². The minimum absolute atomic E-state index is 0.359. The van der Waals surface area contributed by atoms with Gasteiger partial charge < -0.3 is 5.32 Å². The van der Waals surface area contributed by atoms with Crippen molar-refractivity contribution in [2.45, 2.75) is 19.8 Å². The van der Waals surface area contributed by atoms with Crippen LogP contribution in [0.15, 0.2) is 64.1 Å². The smallest absolute Gasteiger partial charge is 0.195 e. The predicted octanol–water partition coefficient (Wildman–Crippen LogP) is 3.96. The van der Waals surface area contributed by atoms with E-state index in [1.54, 1.807) is 19.1 Å². The van der Waals surface area contributed by atoms with Gasteiger partial charge in [-0.3, -0.25) is 9.79 Å². The van der Waals surface area contributed by atoms with Crippen LogP contribution in [0.2, 0.25) is 0 Å². The number of hydrogen-bond acceptors (Lipinski definition) is 2. The molecule has 0 aromatic rings. The van der Waals surface area contributed by atoms with Gasteiger partial charge in [-0.15, -0.1) is 0 Å². The van der Waals surface area contributed by atoms with E-state index in [1.165, 1.54) is 0 Å². The molecule has 1 aliphatic rings. The number of carbonyl (C=O) groups is 1. The molecule has 1 N–H and O–H groups in total. The lowest BCUT2D eigenvalue weighted by Gasteiger charge is -2.05. The third kappa shape index (κ3) is 6.86. The fourth-order valence-corrected chi connectivity index (χ4v) is 1.91. The zero-order valence-corrected chi connectivity index (χ0v) is 12.6. The van der Waals surface area contributed by atoms with E-state index in [-0.39, 0.29) is 0 Å². The Hall–Kier alpha value is -1.94. The van der Waals surface area contributed by atoms with Crippen molar-refractivity contribution in [3.63, 3.8) is 0 Å². The number of rotatable bonds is 6. The maximum absolute atomic E-state index is 13.2. The van der Waals surface area contributed by atoms with Gasteiger partial charge in [0.1, 0.15) is 12.1 Å². The second-order valence-electron chi connectivity index (χ2n) is 4.21. The van der Waals surface area contributed by atoms with Crippen LogP contribution in [-0.2, 0) is 4.79 Å². The van der Waals surface area contributed by atoms with Crippen molar-refractivity contribution in [1.82, 2.24) is 5.32 Å². The number of nitrogens with zero attached hydrogens (tertiary/aromatic N) is 1. The molecular formula is C16H18ClFN2O. The van der Waals surface area contributed by atoms with Gasteiger partial charge in [-0.05, 0) is 37.5 Å². The van der Waals surface area contributed by atoms with Crippen LogP contribution in [-0.4, -0.2) is 18.7 Å². The number of allylic oxidation sites excluding steroid dienone is 7. The standard InChI is InChI=1S/C16H18ClFN2O/c1-2-6-16(20-15(18)10-12-21)19-11-9-13-7-4-3-5-8-14(13)17/h2,4-8,10,12H,3,9,11H2,1H3,(H,19,20)/b6-2-,15-10+. The number of halogens is 2. The molecule has 3 nitrogen and oxygen atoms in total. The highest BCUT2D eigenvalue weighted by atomic mass is 35.5. The van der Waals surface area contributed by atoms with Crippen LogP contribution in [0.5, 0.6) is 0 Å². The average Bonchev–Trinajstić information content (AvgIpc) is 2.64. The number of aldehydes is 1. The average molecular weight is 309 g/mol. The third-order valence-corrected chi connectivity index (χ3v) is 2.98. The Morgan fingerprint density at radius 3 is 2.95 bits per heavy atom. The maximum atomic E-state index is 13.2. The van der Waals surface area contributed by atoms with Gasteiger partial charge in [0.25, 0.3) is 0 Å². The number of amidine groups is 1. The molecule has 0 radical (unpaired) electrons. The zero-order valence-electron chi connectivity index (χ0n) is 11.9. The van der Waals surface area contributed by atoms with Crippen molar-refractivity contribution >= 4 is 23.7 Å². The Morgan fingerprint density at radius 1 is 1.48 bits per heavy atom. The van der Waals surface area contributed by atoms with E-state index in [0.29, 0.717) is 30.1 Å². The van der Waals surface area contributed by atoms with Crippen LogP contribution in [0.4, 0.5) is 4.39 Å². The molecule has 1 rings (SSSR count). The highest BCUT2D eigenvalue weighted by molar-refractivity contribution is 6.31. The highest BCUT2D eigenvalue weighted by Crippen LogP contribution is 2.19. The van der Waals surface area contributed by atoms with Gasteiger partial charge in [-0.2, -0.15) is 4.39 Å². The van der Waals surface area contributed by atoms with E-state index in [2.05, 4.69) is 10.3 Å². The van der Waals surface area contributed by atoms with Crippen molar-refractivity contribution < 1.29 is 9.18 Å². The molecule has 0 amide bonds. The van der Waals surface area contributed by atoms with Crippen LogP contribution in [0.25, 0.3) is 0 Å². The summed E-state index contributed by atoms with van der Waals surface area (Å²) in [5.74, 6) is -0.380. The zero-order chi connectivity index (χ0) is 15.5. The summed E-state index contributed by atoms with van der Waals surface area (Å²) in [6.07, 6.45) is 13.9. The minimum Gasteiger partial charge on any atom is -0.317 e. The SMILES string of the molecule is C/C=C\C(=NCCC1=C(Cl)C=CCC=C1)N/C(F)=C/C=O. The Balaban J connectivity index is 2.68. The molecular weight excluding hydrogens is 291 g/mol. The first-order valence-electron chi connectivity index (χ1n) is 6.64. The van der Waals surface area contributed by atoms with E-state index in [0.717, 1.165) is 18.1 Å². The van der Waals surface area contributed by atoms with Gasteiger partial charge in [0.15, 0.2) is 5.95 Å². The van der Waals surface area contributed by atoms with Crippen LogP contribution in [0.1, 0.15) is 19.8 Å². The van der Waals surface area contributed by atoms with E-state index in [1.807, 2.05) is 24.3 Å². The normalized spacial score (nSPS) is 16.5. The molecule has 0 atom stereocenters. The Morgan fingerprint density at radius 2 is 2.24 bits per heavy atom. The second kappa shape index (κ2) is 9.88. The van der Waals surface area contributed by atoms with Crippen LogP contribution in [0, 0.1) is 0 Å². The van der Waals surface area contributed by atoms with Crippen molar-refractivity contribution in [3.05, 3.63) is 59.1 Å². The molecule has 0 aromatic carbocycles. The first-order chi connectivity index (χ1) is 10.2. The monoisotopic (exact) mass is 308 g/mol. The van der Waals surface area contributed by atoms with Gasteiger partial charge in [-0.1, -0.05) is 35.9 Å². The van der Waals surface area contributed by atoms with E-state index in [4.69, 9.17) is 11.6 Å². The number of nitrogens with one attached hydrogen (secondary N) is 1. The van der Waals surface area contributed by atoms with Crippen molar-refractivity contribution in [1.29, 1.82) is 0 Å². The lowest BCUT2D eigenvalue weighted by atomic mass is 10.1. The van der Waals surface area contributed by atoms with E-state index >= 15 is 0 Å². The molecule has 0 heterocycles. The summed E-state index contributed by atoms with van der Waals surface area (Å²) in [6, 6.07) is 0. The third-order valence-electron chi connectivity index (χ3n) is 2.61. The summed E-state index contributed by atoms with van der Waals surface area (Å²) in [5.41, 5.74) is 0.998. The topological polar surface area (TPSA) is 41.5 Å². The van der Waals surface area contributed by atoms with Crippen molar-refractivity contribution in [3.8, 4) is 0 Å². The number of hydrogen-bond donors (Lipinski definition) is 1. The summed E-state index contributed by atoms with van der Waals surface area (Å²) in [7, 11) is 0. The Labute approximate surface area is 129 Å². The fourth-order valence-electron chi connectivity index (χ4n) is 1.66. The maximum Gasteiger partial charge on any atom is 0.195 e. The summed E-state index contributed by atoms with van der Waals surface area (Å²) in [4.78, 5) is 14.5. The highest BCUT2D eigenvalue weighted by Gasteiger charge is 2.02. The van der Waals surface area contributed by atoms with Crippen LogP contribution < -0.4 is 5.32 Å². The predicted molar refractivity (Wildman–Crippen MR) is 85.9 cm³/mol. The fraction of sp³-hybridized carbons (Fsp3) is 0.250. The van der Waals surface area contributed by atoms with Gasteiger partial charge in [0.05, 0.1) is 0 Å². The quantitative estimate of drug-likeness (QED) is 0.265. The Bertz CT molecular complexity index is 542. The summed E-state index contributed by atoms with van der Waals surface area (Å²) in [6.45, 7) is 2.27.